The maximum Gasteiger partial charge on any atom is 0.238 e. The summed E-state index contributed by atoms with van der Waals surface area (Å²) in [5.41, 5.74) is 0.670. The molecule has 0 radical (unpaired) electrons. The molecule has 0 atom stereocenters. The minimum Gasteiger partial charge on any atom is -0.438 e. The maximum absolute atomic E-state index is 13.2. The van der Waals surface area contributed by atoms with E-state index in [2.05, 4.69) is 20.6 Å². The van der Waals surface area contributed by atoms with E-state index in [1.165, 1.54) is 19.3 Å². The summed E-state index contributed by atoms with van der Waals surface area (Å²) < 4.78 is 7.43. The van der Waals surface area contributed by atoms with Gasteiger partial charge in [0.05, 0.1) is 5.41 Å². The maximum atomic E-state index is 13.2. The van der Waals surface area contributed by atoms with Crippen LogP contribution < -0.4 is 10.1 Å². The molecule has 2 aromatic heterocycles. The number of nitrogens with one attached hydrogen (secondary N) is 1. The lowest BCUT2D eigenvalue weighted by atomic mass is 9.49. The molecule has 4 saturated carbocycles. The number of carbonyl (C=O) groups is 1. The fourth-order valence-electron chi connectivity index (χ4n) is 6.27. The van der Waals surface area contributed by atoms with Gasteiger partial charge in [-0.3, -0.25) is 4.79 Å². The number of aromatic nitrogens is 4. The van der Waals surface area contributed by atoms with Crippen molar-refractivity contribution in [2.24, 2.45) is 23.2 Å². The second-order valence-electron chi connectivity index (χ2n) is 9.46. The summed E-state index contributed by atoms with van der Waals surface area (Å²) in [5, 5.41) is 15.5. The van der Waals surface area contributed by atoms with Gasteiger partial charge in [0.25, 0.3) is 0 Å². The standard InChI is InChI=1S/C24H25N5O2/c30-23(24-13-16-10-17(14-24)12-18(11-16)15-24)26-19-2-4-20(5-3-19)31-22-7-6-21(27-28-22)29-9-1-8-25-29/h1-9,16-18H,10-15H2,(H,26,30). The van der Waals surface area contributed by atoms with Gasteiger partial charge in [-0.25, -0.2) is 4.68 Å². The Morgan fingerprint density at radius 1 is 0.968 bits per heavy atom. The SMILES string of the molecule is O=C(Nc1ccc(Oc2ccc(-n3cccn3)nn2)cc1)C12CC3CC(CC(C3)C1)C2. The number of nitrogens with zero attached hydrogens (tertiary/aromatic N) is 4. The first-order valence-corrected chi connectivity index (χ1v) is 11.1. The highest BCUT2D eigenvalue weighted by Crippen LogP contribution is 2.60. The third-order valence-electron chi connectivity index (χ3n) is 7.22. The van der Waals surface area contributed by atoms with E-state index in [1.807, 2.05) is 30.3 Å². The van der Waals surface area contributed by atoms with Crippen LogP contribution in [-0.4, -0.2) is 25.9 Å². The molecule has 1 amide bonds. The second kappa shape index (κ2) is 7.18. The van der Waals surface area contributed by atoms with Crippen LogP contribution in [0.2, 0.25) is 0 Å². The van der Waals surface area contributed by atoms with E-state index in [4.69, 9.17) is 4.74 Å². The highest BCUT2D eigenvalue weighted by molar-refractivity contribution is 5.95. The lowest BCUT2D eigenvalue weighted by Gasteiger charge is -2.55. The fourth-order valence-corrected chi connectivity index (χ4v) is 6.27. The first-order valence-electron chi connectivity index (χ1n) is 11.1. The van der Waals surface area contributed by atoms with Gasteiger partial charge >= 0.3 is 0 Å². The molecule has 1 N–H and O–H groups in total. The monoisotopic (exact) mass is 415 g/mol. The van der Waals surface area contributed by atoms with Crippen molar-refractivity contribution in [3.05, 3.63) is 54.9 Å². The molecule has 158 valence electrons. The van der Waals surface area contributed by atoms with Gasteiger partial charge in [-0.05, 0) is 92.7 Å². The summed E-state index contributed by atoms with van der Waals surface area (Å²) in [6.07, 6.45) is 10.7. The quantitative estimate of drug-likeness (QED) is 0.658. The average molecular weight is 415 g/mol. The largest absolute Gasteiger partial charge is 0.438 e. The number of carbonyl (C=O) groups excluding carboxylic acids is 1. The molecule has 31 heavy (non-hydrogen) atoms. The topological polar surface area (TPSA) is 81.9 Å². The predicted octanol–water partition coefficient (Wildman–Crippen LogP) is 4.61. The number of amides is 1. The molecular weight excluding hydrogens is 390 g/mol. The Labute approximate surface area is 180 Å². The molecule has 4 bridgehead atoms. The molecular formula is C24H25N5O2. The van der Waals surface area contributed by atoms with Crippen LogP contribution in [0.15, 0.2) is 54.9 Å². The summed E-state index contributed by atoms with van der Waals surface area (Å²) in [7, 11) is 0. The van der Waals surface area contributed by atoms with Gasteiger partial charge in [-0.1, -0.05) is 0 Å². The number of ether oxygens (including phenoxy) is 1. The van der Waals surface area contributed by atoms with Crippen LogP contribution in [0, 0.1) is 23.2 Å². The molecule has 0 spiro atoms. The number of benzene rings is 1. The lowest BCUT2D eigenvalue weighted by molar-refractivity contribution is -0.140. The number of hydrogen-bond donors (Lipinski definition) is 1. The smallest absolute Gasteiger partial charge is 0.238 e. The van der Waals surface area contributed by atoms with Crippen LogP contribution in [0.1, 0.15) is 38.5 Å². The first-order chi connectivity index (χ1) is 15.1. The summed E-state index contributed by atoms with van der Waals surface area (Å²) in [4.78, 5) is 13.2. The van der Waals surface area contributed by atoms with Crippen molar-refractivity contribution in [1.29, 1.82) is 0 Å². The second-order valence-corrected chi connectivity index (χ2v) is 9.46. The van der Waals surface area contributed by atoms with Gasteiger partial charge in [0.1, 0.15) is 5.75 Å². The van der Waals surface area contributed by atoms with E-state index in [-0.39, 0.29) is 11.3 Å². The molecule has 2 heterocycles. The van der Waals surface area contributed by atoms with Crippen LogP contribution in [0.4, 0.5) is 5.69 Å². The zero-order valence-corrected chi connectivity index (χ0v) is 17.3. The molecule has 0 saturated heterocycles. The van der Waals surface area contributed by atoms with Crippen LogP contribution >= 0.6 is 0 Å². The van der Waals surface area contributed by atoms with Crippen LogP contribution in [-0.2, 0) is 4.79 Å². The van der Waals surface area contributed by atoms with Gasteiger partial charge in [0, 0.05) is 24.1 Å². The van der Waals surface area contributed by atoms with Gasteiger partial charge in [0.15, 0.2) is 5.82 Å². The molecule has 1 aromatic carbocycles. The Morgan fingerprint density at radius 3 is 2.26 bits per heavy atom. The van der Waals surface area contributed by atoms with Gasteiger partial charge in [-0.2, -0.15) is 5.10 Å². The third-order valence-corrected chi connectivity index (χ3v) is 7.22. The Balaban J connectivity index is 1.11. The van der Waals surface area contributed by atoms with Crippen LogP contribution in [0.5, 0.6) is 11.6 Å². The van der Waals surface area contributed by atoms with E-state index < -0.39 is 0 Å². The van der Waals surface area contributed by atoms with Crippen molar-refractivity contribution in [3.63, 3.8) is 0 Å². The van der Waals surface area contributed by atoms with Crippen molar-refractivity contribution in [2.45, 2.75) is 38.5 Å². The molecule has 4 aliphatic carbocycles. The van der Waals surface area contributed by atoms with E-state index >= 15 is 0 Å². The molecule has 7 nitrogen and oxygen atoms in total. The van der Waals surface area contributed by atoms with Crippen molar-refractivity contribution < 1.29 is 9.53 Å². The number of hydrogen-bond acceptors (Lipinski definition) is 5. The van der Waals surface area contributed by atoms with E-state index in [0.29, 0.717) is 17.4 Å². The van der Waals surface area contributed by atoms with E-state index in [0.717, 1.165) is 42.7 Å². The van der Waals surface area contributed by atoms with Gasteiger partial charge < -0.3 is 10.1 Å². The van der Waals surface area contributed by atoms with E-state index in [9.17, 15) is 4.79 Å². The fraction of sp³-hybridized carbons (Fsp3) is 0.417. The van der Waals surface area contributed by atoms with Crippen molar-refractivity contribution >= 4 is 11.6 Å². The molecule has 4 aliphatic rings. The normalized spacial score (nSPS) is 28.5. The van der Waals surface area contributed by atoms with Crippen LogP contribution in [0.25, 0.3) is 5.82 Å². The predicted molar refractivity (Wildman–Crippen MR) is 115 cm³/mol. The Morgan fingerprint density at radius 2 is 1.68 bits per heavy atom. The molecule has 4 fully saturated rings. The summed E-state index contributed by atoms with van der Waals surface area (Å²) in [6.45, 7) is 0. The van der Waals surface area contributed by atoms with Crippen molar-refractivity contribution in [1.82, 2.24) is 20.0 Å². The summed E-state index contributed by atoms with van der Waals surface area (Å²) in [6, 6.07) is 12.9. The molecule has 7 rings (SSSR count). The van der Waals surface area contributed by atoms with Crippen LogP contribution in [0.3, 0.4) is 0 Å². The first kappa shape index (κ1) is 18.5. The molecule has 0 aliphatic heterocycles. The Bertz CT molecular complexity index is 1040. The third kappa shape index (κ3) is 3.48. The molecule has 7 heteroatoms. The molecule has 3 aromatic rings. The summed E-state index contributed by atoms with van der Waals surface area (Å²) >= 11 is 0. The zero-order valence-electron chi connectivity index (χ0n) is 17.3. The highest BCUT2D eigenvalue weighted by Gasteiger charge is 2.54. The van der Waals surface area contributed by atoms with Crippen molar-refractivity contribution in [2.75, 3.05) is 5.32 Å². The molecule has 0 unspecified atom stereocenters. The van der Waals surface area contributed by atoms with Gasteiger partial charge in [0.2, 0.25) is 11.8 Å². The Hall–Kier alpha value is -3.22. The minimum absolute atomic E-state index is 0.143. The van der Waals surface area contributed by atoms with Crippen molar-refractivity contribution in [3.8, 4) is 17.4 Å². The zero-order chi connectivity index (χ0) is 20.8. The lowest BCUT2D eigenvalue weighted by Crippen LogP contribution is -2.51. The average Bonchev–Trinajstić information content (AvgIpc) is 3.30. The minimum atomic E-state index is -0.143. The Kier molecular flexibility index (Phi) is 4.30. The number of rotatable bonds is 5. The van der Waals surface area contributed by atoms with E-state index in [1.54, 1.807) is 29.2 Å². The summed E-state index contributed by atoms with van der Waals surface area (Å²) in [5.74, 6) is 4.16. The highest BCUT2D eigenvalue weighted by atomic mass is 16.5. The number of anilines is 1. The van der Waals surface area contributed by atoms with Gasteiger partial charge in [-0.15, -0.1) is 10.2 Å².